The summed E-state index contributed by atoms with van der Waals surface area (Å²) in [6, 6.07) is 13.6. The molecule has 2 amide bonds. The quantitative estimate of drug-likeness (QED) is 0.626. The maximum Gasteiger partial charge on any atom is 0.274 e. The van der Waals surface area contributed by atoms with Crippen LogP contribution in [0, 0.1) is 31.5 Å². The number of hydrogen-bond acceptors (Lipinski definition) is 4. The Labute approximate surface area is 190 Å². The number of rotatable bonds is 5. The molecule has 0 spiro atoms. The zero-order valence-electron chi connectivity index (χ0n) is 18.0. The third-order valence-electron chi connectivity index (χ3n) is 6.39. The number of benzene rings is 2. The Morgan fingerprint density at radius 1 is 1.12 bits per heavy atom. The van der Waals surface area contributed by atoms with Gasteiger partial charge in [0.2, 0.25) is 0 Å². The molecule has 0 unspecified atom stereocenters. The topological polar surface area (TPSA) is 62.3 Å². The van der Waals surface area contributed by atoms with Gasteiger partial charge in [0.25, 0.3) is 11.8 Å². The highest BCUT2D eigenvalue weighted by molar-refractivity contribution is 7.15. The Morgan fingerprint density at radius 2 is 1.84 bits per heavy atom. The van der Waals surface area contributed by atoms with Crippen LogP contribution < -0.4 is 5.32 Å². The van der Waals surface area contributed by atoms with E-state index in [0.29, 0.717) is 36.2 Å². The SMILES string of the molecule is Cc1ccc(-c2sc(C)nc2C(=O)N2C[C@H]3C[C@H]3[C@H]2CNC(=O)c2ccc(F)cc2)cc1. The van der Waals surface area contributed by atoms with Crippen LogP contribution in [-0.4, -0.2) is 40.8 Å². The molecule has 1 saturated carbocycles. The molecule has 1 N–H and O–H groups in total. The van der Waals surface area contributed by atoms with Gasteiger partial charge in [0.1, 0.15) is 11.5 Å². The van der Waals surface area contributed by atoms with Gasteiger partial charge in [-0.1, -0.05) is 29.8 Å². The largest absolute Gasteiger partial charge is 0.350 e. The normalized spacial score (nSPS) is 21.3. The highest BCUT2D eigenvalue weighted by atomic mass is 32.1. The molecule has 2 aromatic carbocycles. The summed E-state index contributed by atoms with van der Waals surface area (Å²) in [6.45, 7) is 5.03. The molecule has 1 aromatic heterocycles. The number of carbonyl (C=O) groups is 2. The Kier molecular flexibility index (Phi) is 5.29. The number of nitrogens with one attached hydrogen (secondary N) is 1. The van der Waals surface area contributed by atoms with E-state index in [1.807, 2.05) is 43.0 Å². The minimum absolute atomic E-state index is 0.0511. The first-order valence-electron chi connectivity index (χ1n) is 10.8. The summed E-state index contributed by atoms with van der Waals surface area (Å²) in [5.41, 5.74) is 3.06. The number of piperidine rings is 1. The van der Waals surface area contributed by atoms with E-state index < -0.39 is 0 Å². The van der Waals surface area contributed by atoms with Crippen LogP contribution in [0.5, 0.6) is 0 Å². The van der Waals surface area contributed by atoms with Crippen molar-refractivity contribution in [3.05, 3.63) is 76.2 Å². The van der Waals surface area contributed by atoms with Crippen molar-refractivity contribution in [2.75, 3.05) is 13.1 Å². The molecule has 2 fully saturated rings. The Morgan fingerprint density at radius 3 is 2.56 bits per heavy atom. The first-order valence-corrected chi connectivity index (χ1v) is 11.6. The van der Waals surface area contributed by atoms with Gasteiger partial charge in [-0.3, -0.25) is 9.59 Å². The van der Waals surface area contributed by atoms with Crippen LogP contribution in [0.2, 0.25) is 0 Å². The highest BCUT2D eigenvalue weighted by Gasteiger charge is 2.54. The van der Waals surface area contributed by atoms with E-state index in [9.17, 15) is 14.0 Å². The van der Waals surface area contributed by atoms with E-state index >= 15 is 0 Å². The predicted molar refractivity (Wildman–Crippen MR) is 122 cm³/mol. The molecular formula is C25H24FN3O2S. The molecule has 3 atom stereocenters. The molecule has 1 aliphatic carbocycles. The molecule has 164 valence electrons. The van der Waals surface area contributed by atoms with Crippen LogP contribution in [-0.2, 0) is 0 Å². The van der Waals surface area contributed by atoms with Crippen LogP contribution in [0.4, 0.5) is 4.39 Å². The van der Waals surface area contributed by atoms with Crippen molar-refractivity contribution >= 4 is 23.2 Å². The number of amides is 2. The number of likely N-dealkylation sites (tertiary alicyclic amines) is 1. The molecule has 0 bridgehead atoms. The number of hydrogen-bond donors (Lipinski definition) is 1. The molecule has 32 heavy (non-hydrogen) atoms. The second-order valence-corrected chi connectivity index (χ2v) is 9.88. The molecule has 7 heteroatoms. The molecule has 1 saturated heterocycles. The maximum atomic E-state index is 13.6. The van der Waals surface area contributed by atoms with Crippen molar-refractivity contribution in [1.29, 1.82) is 0 Å². The first kappa shape index (κ1) is 20.8. The Bertz CT molecular complexity index is 1170. The molecule has 5 nitrogen and oxygen atoms in total. The lowest BCUT2D eigenvalue weighted by molar-refractivity contribution is 0.0690. The summed E-state index contributed by atoms with van der Waals surface area (Å²) in [5.74, 6) is 0.201. The van der Waals surface area contributed by atoms with Crippen LogP contribution in [0.15, 0.2) is 48.5 Å². The molecule has 3 aromatic rings. The van der Waals surface area contributed by atoms with E-state index in [1.165, 1.54) is 41.2 Å². The number of nitrogens with zero attached hydrogens (tertiary/aromatic N) is 2. The smallest absolute Gasteiger partial charge is 0.274 e. The fraction of sp³-hybridized carbons (Fsp3) is 0.320. The Hall–Kier alpha value is -3.06. The number of aromatic nitrogens is 1. The molecule has 1 aliphatic heterocycles. The molecule has 2 heterocycles. The second kappa shape index (κ2) is 8.13. The van der Waals surface area contributed by atoms with Crippen molar-refractivity contribution in [1.82, 2.24) is 15.2 Å². The minimum Gasteiger partial charge on any atom is -0.350 e. The lowest BCUT2D eigenvalue weighted by atomic mass is 10.1. The van der Waals surface area contributed by atoms with Gasteiger partial charge in [-0.05, 0) is 61.9 Å². The van der Waals surface area contributed by atoms with Gasteiger partial charge in [0.15, 0.2) is 0 Å². The van der Waals surface area contributed by atoms with Crippen molar-refractivity contribution in [2.45, 2.75) is 26.3 Å². The summed E-state index contributed by atoms with van der Waals surface area (Å²) >= 11 is 1.53. The van der Waals surface area contributed by atoms with Crippen LogP contribution in [0.3, 0.4) is 0 Å². The summed E-state index contributed by atoms with van der Waals surface area (Å²) in [6.07, 6.45) is 1.09. The minimum atomic E-state index is -0.377. The third-order valence-corrected chi connectivity index (χ3v) is 7.41. The van der Waals surface area contributed by atoms with E-state index in [-0.39, 0.29) is 23.7 Å². The van der Waals surface area contributed by atoms with Gasteiger partial charge >= 0.3 is 0 Å². The Balaban J connectivity index is 1.34. The lowest BCUT2D eigenvalue weighted by Gasteiger charge is -2.27. The molecular weight excluding hydrogens is 425 g/mol. The number of thiazole rings is 1. The van der Waals surface area contributed by atoms with E-state index in [1.54, 1.807) is 0 Å². The van der Waals surface area contributed by atoms with Gasteiger partial charge in [0, 0.05) is 18.7 Å². The third kappa shape index (κ3) is 3.93. The molecule has 5 rings (SSSR count). The van der Waals surface area contributed by atoms with Crippen molar-refractivity contribution in [2.24, 2.45) is 11.8 Å². The molecule has 2 aliphatic rings. The van der Waals surface area contributed by atoms with Crippen molar-refractivity contribution in [3.8, 4) is 10.4 Å². The van der Waals surface area contributed by atoms with Crippen LogP contribution >= 0.6 is 11.3 Å². The standard InChI is InChI=1S/C25H24FN3O2S/c1-14-3-5-16(6-4-14)23-22(28-15(2)32-23)25(31)29-13-18-11-20(18)21(29)12-27-24(30)17-7-9-19(26)10-8-17/h3-10,18,20-21H,11-13H2,1-2H3,(H,27,30)/t18-,20-,21-/m1/s1. The van der Waals surface area contributed by atoms with E-state index in [0.717, 1.165) is 21.9 Å². The van der Waals surface area contributed by atoms with Gasteiger partial charge in [0.05, 0.1) is 15.9 Å². The molecule has 0 radical (unpaired) electrons. The number of aryl methyl sites for hydroxylation is 2. The van der Waals surface area contributed by atoms with Crippen LogP contribution in [0.25, 0.3) is 10.4 Å². The lowest BCUT2D eigenvalue weighted by Crippen LogP contribution is -2.45. The summed E-state index contributed by atoms with van der Waals surface area (Å²) in [5, 5.41) is 3.79. The monoisotopic (exact) mass is 449 g/mol. The fourth-order valence-corrected chi connectivity index (χ4v) is 5.49. The zero-order valence-corrected chi connectivity index (χ0v) is 18.8. The average Bonchev–Trinajstić information content (AvgIpc) is 3.30. The van der Waals surface area contributed by atoms with Gasteiger partial charge in [-0.25, -0.2) is 9.37 Å². The maximum absolute atomic E-state index is 13.6. The highest BCUT2D eigenvalue weighted by Crippen LogP contribution is 2.50. The van der Waals surface area contributed by atoms with Crippen molar-refractivity contribution < 1.29 is 14.0 Å². The van der Waals surface area contributed by atoms with Gasteiger partial charge < -0.3 is 10.2 Å². The predicted octanol–water partition coefficient (Wildman–Crippen LogP) is 4.46. The van der Waals surface area contributed by atoms with Gasteiger partial charge in [-0.2, -0.15) is 0 Å². The summed E-state index contributed by atoms with van der Waals surface area (Å²) in [4.78, 5) is 33.4. The second-order valence-electron chi connectivity index (χ2n) is 8.68. The zero-order chi connectivity index (χ0) is 22.4. The first-order chi connectivity index (χ1) is 15.4. The summed E-state index contributed by atoms with van der Waals surface area (Å²) in [7, 11) is 0. The number of carbonyl (C=O) groups excluding carboxylic acids is 2. The van der Waals surface area contributed by atoms with Gasteiger partial charge in [-0.15, -0.1) is 11.3 Å². The average molecular weight is 450 g/mol. The fourth-order valence-electron chi connectivity index (χ4n) is 4.58. The number of fused-ring (bicyclic) bond motifs is 1. The summed E-state index contributed by atoms with van der Waals surface area (Å²) < 4.78 is 13.1. The van der Waals surface area contributed by atoms with E-state index in [2.05, 4.69) is 10.3 Å². The van der Waals surface area contributed by atoms with E-state index in [4.69, 9.17) is 0 Å². The van der Waals surface area contributed by atoms with Crippen LogP contribution in [0.1, 0.15) is 37.8 Å². The number of halogens is 1. The van der Waals surface area contributed by atoms with Crippen molar-refractivity contribution in [3.63, 3.8) is 0 Å².